The number of carbonyl (C=O) groups is 2. The van der Waals surface area contributed by atoms with E-state index < -0.39 is 0 Å². The number of nitrogens with one attached hydrogen (secondary N) is 3. The normalized spacial score (nSPS) is 18.3. The molecule has 2 amide bonds. The van der Waals surface area contributed by atoms with Crippen LogP contribution in [0.2, 0.25) is 0 Å². The number of rotatable bonds is 5. The molecule has 0 bridgehead atoms. The van der Waals surface area contributed by atoms with Crippen LogP contribution < -0.4 is 21.1 Å². The van der Waals surface area contributed by atoms with Crippen LogP contribution in [0.1, 0.15) is 44.2 Å². The maximum atomic E-state index is 12.8. The van der Waals surface area contributed by atoms with Crippen LogP contribution in [0.25, 0.3) is 11.0 Å². The Balaban J connectivity index is 1.46. The molecule has 1 aliphatic carbocycles. The zero-order valence-electron chi connectivity index (χ0n) is 18.5. The molecule has 0 atom stereocenters. The van der Waals surface area contributed by atoms with Gasteiger partial charge in [0.05, 0.1) is 23.8 Å². The second-order valence-electron chi connectivity index (χ2n) is 8.36. The first-order valence-electron chi connectivity index (χ1n) is 10.8. The molecule has 1 saturated carbocycles. The van der Waals surface area contributed by atoms with E-state index in [1.165, 1.54) is 6.92 Å². The van der Waals surface area contributed by atoms with Crippen LogP contribution in [-0.4, -0.2) is 28.5 Å². The molecular weight excluding hydrogens is 408 g/mol. The van der Waals surface area contributed by atoms with Gasteiger partial charge >= 0.3 is 5.69 Å². The van der Waals surface area contributed by atoms with Crippen molar-refractivity contribution in [1.82, 2.24) is 9.55 Å². The Morgan fingerprint density at radius 3 is 2.53 bits per heavy atom. The number of hydrogen-bond acceptors (Lipinski definition) is 4. The van der Waals surface area contributed by atoms with E-state index in [4.69, 9.17) is 4.74 Å². The molecule has 8 heteroatoms. The smallest absolute Gasteiger partial charge is 0.326 e. The van der Waals surface area contributed by atoms with E-state index in [1.54, 1.807) is 17.7 Å². The molecule has 168 valence electrons. The SMILES string of the molecule is COc1cc(NC(=O)[C@H]2CC[C@@H](n3c(=O)[nH]c4c(NC(C)=O)cccc43)CC2)ccc1C. The van der Waals surface area contributed by atoms with Gasteiger partial charge in [-0.05, 0) is 56.4 Å². The molecule has 4 rings (SSSR count). The molecule has 0 radical (unpaired) electrons. The largest absolute Gasteiger partial charge is 0.496 e. The number of carbonyl (C=O) groups excluding carboxylic acids is 2. The van der Waals surface area contributed by atoms with Crippen LogP contribution in [0.3, 0.4) is 0 Å². The van der Waals surface area contributed by atoms with Gasteiger partial charge in [-0.15, -0.1) is 0 Å². The number of imidazole rings is 1. The number of aromatic amines is 1. The first-order chi connectivity index (χ1) is 15.4. The highest BCUT2D eigenvalue weighted by atomic mass is 16.5. The summed E-state index contributed by atoms with van der Waals surface area (Å²) in [6.07, 6.45) is 2.85. The maximum absolute atomic E-state index is 12.8. The Morgan fingerprint density at radius 1 is 1.09 bits per heavy atom. The van der Waals surface area contributed by atoms with Crippen LogP contribution in [0.15, 0.2) is 41.2 Å². The second kappa shape index (κ2) is 8.90. The number of amides is 2. The molecule has 1 aliphatic rings. The zero-order chi connectivity index (χ0) is 22.8. The second-order valence-corrected chi connectivity index (χ2v) is 8.36. The van der Waals surface area contributed by atoms with Gasteiger partial charge in [-0.1, -0.05) is 12.1 Å². The number of benzene rings is 2. The Morgan fingerprint density at radius 2 is 1.84 bits per heavy atom. The number of H-pyrrole nitrogens is 1. The van der Waals surface area contributed by atoms with Crippen molar-refractivity contribution in [3.8, 4) is 5.75 Å². The first kappa shape index (κ1) is 21.7. The third-order valence-electron chi connectivity index (χ3n) is 6.17. The number of methoxy groups -OCH3 is 1. The number of aromatic nitrogens is 2. The average molecular weight is 437 g/mol. The lowest BCUT2D eigenvalue weighted by molar-refractivity contribution is -0.121. The van der Waals surface area contributed by atoms with Crippen molar-refractivity contribution in [3.05, 3.63) is 52.4 Å². The third-order valence-corrected chi connectivity index (χ3v) is 6.17. The summed E-state index contributed by atoms with van der Waals surface area (Å²) < 4.78 is 7.10. The van der Waals surface area contributed by atoms with Crippen molar-refractivity contribution in [1.29, 1.82) is 0 Å². The van der Waals surface area contributed by atoms with E-state index in [0.29, 0.717) is 24.0 Å². The average Bonchev–Trinajstić information content (AvgIpc) is 3.11. The number of para-hydroxylation sites is 1. The number of hydrogen-bond donors (Lipinski definition) is 3. The lowest BCUT2D eigenvalue weighted by Gasteiger charge is -2.28. The topological polar surface area (TPSA) is 105 Å². The molecule has 0 spiro atoms. The predicted octanol–water partition coefficient (Wildman–Crippen LogP) is 3.98. The molecule has 0 aliphatic heterocycles. The van der Waals surface area contributed by atoms with Gasteiger partial charge in [-0.25, -0.2) is 4.79 Å². The van der Waals surface area contributed by atoms with E-state index >= 15 is 0 Å². The first-order valence-corrected chi connectivity index (χ1v) is 10.8. The van der Waals surface area contributed by atoms with Crippen LogP contribution in [0, 0.1) is 12.8 Å². The molecule has 8 nitrogen and oxygen atoms in total. The van der Waals surface area contributed by atoms with Crippen molar-refractivity contribution in [2.24, 2.45) is 5.92 Å². The summed E-state index contributed by atoms with van der Waals surface area (Å²) in [6, 6.07) is 11.1. The minimum Gasteiger partial charge on any atom is -0.496 e. The molecule has 0 unspecified atom stereocenters. The van der Waals surface area contributed by atoms with Crippen molar-refractivity contribution in [2.75, 3.05) is 17.7 Å². The van der Waals surface area contributed by atoms with Crippen molar-refractivity contribution >= 4 is 34.2 Å². The van der Waals surface area contributed by atoms with Gasteiger partial charge in [0.2, 0.25) is 11.8 Å². The summed E-state index contributed by atoms with van der Waals surface area (Å²) in [5.74, 6) is 0.440. The molecule has 0 saturated heterocycles. The minimum absolute atomic E-state index is 0.00595. The third kappa shape index (κ3) is 4.26. The minimum atomic E-state index is -0.197. The molecule has 3 aromatic rings. The number of aryl methyl sites for hydroxylation is 1. The Hall–Kier alpha value is -3.55. The molecular formula is C24H28N4O4. The standard InChI is InChI=1S/C24H28N4O4/c1-14-7-10-17(13-21(14)32-3)26-23(30)16-8-11-18(12-9-16)28-20-6-4-5-19(25-15(2)29)22(20)27-24(28)31/h4-7,10,13,16,18H,8-9,11-12H2,1-3H3,(H,25,29)(H,26,30)(H,27,31)/t16-,18+. The molecule has 1 aromatic heterocycles. The van der Waals surface area contributed by atoms with Gasteiger partial charge < -0.3 is 20.4 Å². The fourth-order valence-corrected chi connectivity index (χ4v) is 4.54. The van der Waals surface area contributed by atoms with Crippen LogP contribution in [0.4, 0.5) is 11.4 Å². The summed E-state index contributed by atoms with van der Waals surface area (Å²) in [5.41, 5.74) is 3.52. The van der Waals surface area contributed by atoms with Gasteiger partial charge in [0.1, 0.15) is 5.75 Å². The Kier molecular flexibility index (Phi) is 6.03. The van der Waals surface area contributed by atoms with E-state index in [1.807, 2.05) is 37.3 Å². The van der Waals surface area contributed by atoms with Gasteiger partial charge in [0, 0.05) is 30.6 Å². The van der Waals surface area contributed by atoms with Crippen molar-refractivity contribution in [2.45, 2.75) is 45.6 Å². The van der Waals surface area contributed by atoms with Crippen molar-refractivity contribution in [3.63, 3.8) is 0 Å². The summed E-state index contributed by atoms with van der Waals surface area (Å²) in [6.45, 7) is 3.39. The summed E-state index contributed by atoms with van der Waals surface area (Å²) >= 11 is 0. The molecule has 3 N–H and O–H groups in total. The van der Waals surface area contributed by atoms with Gasteiger partial charge in [0.15, 0.2) is 0 Å². The Labute approximate surface area is 186 Å². The van der Waals surface area contributed by atoms with Gasteiger partial charge in [-0.3, -0.25) is 14.2 Å². The number of ether oxygens (including phenoxy) is 1. The number of nitrogens with zero attached hydrogens (tertiary/aromatic N) is 1. The number of fused-ring (bicyclic) bond motifs is 1. The fourth-order valence-electron chi connectivity index (χ4n) is 4.54. The highest BCUT2D eigenvalue weighted by molar-refractivity contribution is 5.98. The summed E-state index contributed by atoms with van der Waals surface area (Å²) in [7, 11) is 1.61. The summed E-state index contributed by atoms with van der Waals surface area (Å²) in [5, 5.41) is 5.76. The highest BCUT2D eigenvalue weighted by Gasteiger charge is 2.29. The fraction of sp³-hybridized carbons (Fsp3) is 0.375. The van der Waals surface area contributed by atoms with Crippen LogP contribution in [-0.2, 0) is 9.59 Å². The lowest BCUT2D eigenvalue weighted by Crippen LogP contribution is -2.31. The van der Waals surface area contributed by atoms with E-state index in [2.05, 4.69) is 15.6 Å². The Bertz CT molecular complexity index is 1220. The van der Waals surface area contributed by atoms with Gasteiger partial charge in [0.25, 0.3) is 0 Å². The maximum Gasteiger partial charge on any atom is 0.326 e. The molecule has 1 heterocycles. The van der Waals surface area contributed by atoms with E-state index in [9.17, 15) is 14.4 Å². The molecule has 1 fully saturated rings. The van der Waals surface area contributed by atoms with Crippen LogP contribution >= 0.6 is 0 Å². The highest BCUT2D eigenvalue weighted by Crippen LogP contribution is 2.35. The van der Waals surface area contributed by atoms with E-state index in [0.717, 1.165) is 35.4 Å². The molecule has 32 heavy (non-hydrogen) atoms. The molecule has 2 aromatic carbocycles. The number of anilines is 2. The quantitative estimate of drug-likeness (QED) is 0.563. The van der Waals surface area contributed by atoms with Gasteiger partial charge in [-0.2, -0.15) is 0 Å². The lowest BCUT2D eigenvalue weighted by atomic mass is 9.85. The zero-order valence-corrected chi connectivity index (χ0v) is 18.5. The van der Waals surface area contributed by atoms with E-state index in [-0.39, 0.29) is 29.5 Å². The monoisotopic (exact) mass is 436 g/mol. The summed E-state index contributed by atoms with van der Waals surface area (Å²) in [4.78, 5) is 39.9. The van der Waals surface area contributed by atoms with Crippen molar-refractivity contribution < 1.29 is 14.3 Å². The predicted molar refractivity (Wildman–Crippen MR) is 124 cm³/mol. The van der Waals surface area contributed by atoms with Crippen LogP contribution in [0.5, 0.6) is 5.75 Å².